The molecule has 6 saturated carbocycles. The van der Waals surface area contributed by atoms with Crippen molar-refractivity contribution in [2.45, 2.75) is 153 Å². The molecule has 3 N–H and O–H groups in total. The highest BCUT2D eigenvalue weighted by molar-refractivity contribution is 9.10. The molecule has 6 aromatic carbocycles. The van der Waals surface area contributed by atoms with Gasteiger partial charge in [0.15, 0.2) is 0 Å². The topological polar surface area (TPSA) is 307 Å². The molecule has 14 aromatic rings. The second kappa shape index (κ2) is 45.4. The minimum atomic E-state index is 0. The smallest absolute Gasteiger partial charge is 0.138 e. The molecule has 20 rings (SSSR count). The van der Waals surface area contributed by atoms with E-state index in [1.807, 2.05) is 136 Å². The number of fused-ring (bicyclic) bond motifs is 2. The Hall–Kier alpha value is -11.5. The molecule has 8 aromatic heterocycles. The average molecular weight is 1670 g/mol. The highest BCUT2D eigenvalue weighted by Gasteiger charge is 2.29. The highest BCUT2D eigenvalue weighted by Crippen LogP contribution is 2.41. The number of H-pyrrole nitrogens is 1. The van der Waals surface area contributed by atoms with Crippen molar-refractivity contribution < 1.29 is 0 Å². The first-order valence-electron chi connectivity index (χ1n) is 38.0. The number of nitrogens with one attached hydrogen (secondary N) is 3. The van der Waals surface area contributed by atoms with E-state index in [-0.39, 0.29) is 39.1 Å². The molecule has 0 aliphatic heterocycles. The minimum absolute atomic E-state index is 0. The molecule has 0 saturated heterocycles. The number of nitrogens with zero attached hydrogens (tertiary/aromatic N) is 21. The Morgan fingerprint density at radius 1 is 0.504 bits per heavy atom. The van der Waals surface area contributed by atoms with Gasteiger partial charge < -0.3 is 10.6 Å². The van der Waals surface area contributed by atoms with Crippen LogP contribution in [0, 0.1) is 36.5 Å². The van der Waals surface area contributed by atoms with E-state index in [0.717, 1.165) is 95.1 Å². The fourth-order valence-corrected chi connectivity index (χ4v) is 12.9. The molecule has 0 radical (unpaired) electrons. The zero-order valence-corrected chi connectivity index (χ0v) is 69.3. The Bertz CT molecular complexity index is 5180. The van der Waals surface area contributed by atoms with Gasteiger partial charge in [-0.3, -0.25) is 0 Å². The third-order valence-corrected chi connectivity index (χ3v) is 20.8. The van der Waals surface area contributed by atoms with Crippen LogP contribution in [-0.2, 0) is 26.2 Å². The SMILES string of the molecule is C#CC1CC1.C#CC1CC1.C[C@H](Nc1ncnc2sccc12)c1ccc(-n2ncc(C3CC3)n2)cc1.C[C@H](Nc1ncnc2sccc12)c1ccc(Br)cc1.S.S.[N-]=[N+]=NCc1ccccc1.[N-]=[N+]=NCc1ccccc1.c1ccc(Cn2cc(C3CC3)nn2)cc1.c1ccc(Cn2cc(C3CC3)nn2)cc1.c1n[nH]nc1C1CC1. The van der Waals surface area contributed by atoms with Crippen molar-refractivity contribution in [3.63, 3.8) is 0 Å². The summed E-state index contributed by atoms with van der Waals surface area (Å²) in [6.45, 7) is 6.78. The molecule has 0 bridgehead atoms. The summed E-state index contributed by atoms with van der Waals surface area (Å²) in [5.41, 5.74) is 28.5. The van der Waals surface area contributed by atoms with E-state index in [4.69, 9.17) is 23.9 Å². The van der Waals surface area contributed by atoms with Gasteiger partial charge in [-0.25, -0.2) is 29.3 Å². The van der Waals surface area contributed by atoms with Crippen molar-refractivity contribution >= 4 is 97.7 Å². The van der Waals surface area contributed by atoms with Gasteiger partial charge in [0.1, 0.15) is 34.0 Å². The standard InChI is InChI=1S/C19H18N6S.C14H12BrN3S.2C12H13N3.2C7H7N3.C5H7N3.2C5H6.2H2S/c1-12(23-18-16-8-9-26-19(16)21-11-20-18)13-4-6-15(7-5-13)25-22-10-17(24-25)14-2-3-14;1-9(10-2-4-11(15)5-3-10)18-13-12-6-7-19-14(12)17-8-16-13;2*1-2-4-10(5-3-1)8-15-9-12(13-14-15)11-6-7-11;2*8-10-9-6-7-4-2-1-3-5-7;1-2-4(1)5-3-6-8-7-5;2*1-2-5-3-4-5;;/h4-12,14H,2-3H2,1H3,(H,20,21,23);2-9H,1H3,(H,16,17,18);2*1-5,9,11H,6-8H2;2*1-5H,6H2;3-4H,1-2H2,(H,6,7,8);2*1,5H,3-4H2;2*1H2/t12-;9-;;;;;;;;;/m00........./s1. The molecule has 0 unspecified atom stereocenters. The normalized spacial score (nSPS) is 14.2. The van der Waals surface area contributed by atoms with Gasteiger partial charge in [0, 0.05) is 74.3 Å². The average Bonchev–Trinajstić information content (AvgIpc) is 1.72. The quantitative estimate of drug-likeness (QED) is 0.0293. The Morgan fingerprint density at radius 3 is 1.28 bits per heavy atom. The lowest BCUT2D eigenvalue weighted by Gasteiger charge is -2.15. The zero-order valence-electron chi connectivity index (χ0n) is 64.1. The van der Waals surface area contributed by atoms with Gasteiger partial charge in [0.05, 0.1) is 77.8 Å². The maximum absolute atomic E-state index is 7.99. The number of terminal acetylenes is 2. The van der Waals surface area contributed by atoms with Crippen LogP contribution in [0.1, 0.15) is 183 Å². The van der Waals surface area contributed by atoms with Gasteiger partial charge >= 0.3 is 0 Å². The molecule has 29 heteroatoms. The van der Waals surface area contributed by atoms with Crippen molar-refractivity contribution in [2.75, 3.05) is 10.6 Å². The summed E-state index contributed by atoms with van der Waals surface area (Å²) in [7, 11) is 0. The van der Waals surface area contributed by atoms with Crippen molar-refractivity contribution in [2.24, 2.45) is 22.1 Å². The van der Waals surface area contributed by atoms with Crippen LogP contribution >= 0.6 is 65.6 Å². The van der Waals surface area contributed by atoms with Crippen LogP contribution in [0.3, 0.4) is 0 Å². The van der Waals surface area contributed by atoms with E-state index < -0.39 is 0 Å². The number of benzene rings is 6. The molecular weight excluding hydrogens is 1580 g/mol. The summed E-state index contributed by atoms with van der Waals surface area (Å²) < 4.78 is 4.93. The molecule has 6 aliphatic carbocycles. The molecular formula is C86H93BrN24S4. The summed E-state index contributed by atoms with van der Waals surface area (Å²) in [5, 5.41) is 55.9. The van der Waals surface area contributed by atoms with Crippen LogP contribution in [0.2, 0.25) is 0 Å². The Kier molecular flexibility index (Phi) is 33.9. The summed E-state index contributed by atoms with van der Waals surface area (Å²) in [6, 6.07) is 61.0. The van der Waals surface area contributed by atoms with Crippen LogP contribution in [0.5, 0.6) is 0 Å². The second-order valence-electron chi connectivity index (χ2n) is 27.9. The maximum Gasteiger partial charge on any atom is 0.138 e. The van der Waals surface area contributed by atoms with E-state index in [1.54, 1.807) is 46.3 Å². The third kappa shape index (κ3) is 29.1. The molecule has 24 nitrogen and oxygen atoms in total. The third-order valence-electron chi connectivity index (χ3n) is 18.6. The van der Waals surface area contributed by atoms with Crippen LogP contribution < -0.4 is 10.6 Å². The predicted octanol–water partition coefficient (Wildman–Crippen LogP) is 21.3. The maximum atomic E-state index is 7.99. The van der Waals surface area contributed by atoms with Gasteiger partial charge in [-0.15, -0.1) is 57.6 Å². The first-order valence-corrected chi connectivity index (χ1v) is 40.5. The largest absolute Gasteiger partial charge is 0.363 e. The zero-order chi connectivity index (χ0) is 78.2. The van der Waals surface area contributed by atoms with Crippen molar-refractivity contribution in [1.29, 1.82) is 0 Å². The Balaban J connectivity index is 0.000000142. The minimum Gasteiger partial charge on any atom is -0.363 e. The van der Waals surface area contributed by atoms with Crippen LogP contribution in [0.4, 0.5) is 11.6 Å². The van der Waals surface area contributed by atoms with Crippen molar-refractivity contribution in [3.05, 3.63) is 312 Å². The van der Waals surface area contributed by atoms with Crippen LogP contribution in [-0.4, -0.2) is 80.3 Å². The van der Waals surface area contributed by atoms with Gasteiger partial charge in [-0.05, 0) is 182 Å². The molecule has 115 heavy (non-hydrogen) atoms. The highest BCUT2D eigenvalue weighted by atomic mass is 79.9. The molecule has 2 atom stereocenters. The lowest BCUT2D eigenvalue weighted by molar-refractivity contribution is 0.649. The number of hydrogen-bond donors (Lipinski definition) is 3. The first kappa shape index (κ1) is 85.9. The summed E-state index contributed by atoms with van der Waals surface area (Å²) in [6.07, 6.45) is 36.3. The number of thiophene rings is 2. The molecule has 0 spiro atoms. The lowest BCUT2D eigenvalue weighted by atomic mass is 10.1. The van der Waals surface area contributed by atoms with E-state index in [2.05, 4.69) is 224 Å². The Labute approximate surface area is 700 Å². The number of anilines is 2. The van der Waals surface area contributed by atoms with E-state index in [1.165, 1.54) is 99.3 Å². The second-order valence-corrected chi connectivity index (χ2v) is 30.6. The fourth-order valence-electron chi connectivity index (χ4n) is 11.1. The van der Waals surface area contributed by atoms with Crippen molar-refractivity contribution in [1.82, 2.24) is 80.3 Å². The van der Waals surface area contributed by atoms with E-state index in [0.29, 0.717) is 42.7 Å². The predicted molar refractivity (Wildman–Crippen MR) is 472 cm³/mol. The van der Waals surface area contributed by atoms with E-state index >= 15 is 0 Å². The monoisotopic (exact) mass is 1670 g/mol. The number of aromatic nitrogens is 16. The Morgan fingerprint density at radius 2 is 0.904 bits per heavy atom. The number of rotatable bonds is 19. The summed E-state index contributed by atoms with van der Waals surface area (Å²) >= 11 is 6.70. The van der Waals surface area contributed by atoms with Gasteiger partial charge in [0.25, 0.3) is 0 Å². The summed E-state index contributed by atoms with van der Waals surface area (Å²) in [5.74, 6) is 11.1. The first-order chi connectivity index (χ1) is 55.5. The van der Waals surface area contributed by atoms with Gasteiger partial charge in [-0.1, -0.05) is 182 Å². The molecule has 6 aliphatic rings. The number of hydrogen-bond acceptors (Lipinski definition) is 18. The number of aromatic amines is 1. The molecule has 0 amide bonds. The molecule has 8 heterocycles. The van der Waals surface area contributed by atoms with Crippen molar-refractivity contribution in [3.8, 4) is 30.4 Å². The van der Waals surface area contributed by atoms with Crippen LogP contribution in [0.15, 0.2) is 245 Å². The molecule has 588 valence electrons. The fraction of sp³-hybridized carbons (Fsp3) is 0.302. The number of azide groups is 2. The lowest BCUT2D eigenvalue weighted by Crippen LogP contribution is -2.08. The number of halogens is 1. The molecule has 6 fully saturated rings. The van der Waals surface area contributed by atoms with Gasteiger partial charge in [0.2, 0.25) is 0 Å². The van der Waals surface area contributed by atoms with Gasteiger partial charge in [-0.2, -0.15) is 57.4 Å². The van der Waals surface area contributed by atoms with Crippen LogP contribution in [0.25, 0.3) is 47.0 Å². The van der Waals surface area contributed by atoms with E-state index in [9.17, 15) is 0 Å². The summed E-state index contributed by atoms with van der Waals surface area (Å²) in [4.78, 5) is 26.3.